The Balaban J connectivity index is 1.70. The Morgan fingerprint density at radius 1 is 1.00 bits per heavy atom. The summed E-state index contributed by atoms with van der Waals surface area (Å²) >= 11 is 0. The first-order chi connectivity index (χ1) is 12.2. The lowest BCUT2D eigenvalue weighted by atomic mass is 10.1. The van der Waals surface area contributed by atoms with Crippen LogP contribution in [0.4, 0.5) is 5.69 Å². The van der Waals surface area contributed by atoms with E-state index in [0.717, 1.165) is 25.9 Å². The Kier molecular flexibility index (Phi) is 5.33. The summed E-state index contributed by atoms with van der Waals surface area (Å²) in [5, 5.41) is 2.86. The number of benzene rings is 2. The molecule has 0 bridgehead atoms. The molecule has 2 aromatic carbocycles. The molecule has 0 radical (unpaired) electrons. The molecule has 0 aliphatic carbocycles. The van der Waals surface area contributed by atoms with Gasteiger partial charge >= 0.3 is 0 Å². The van der Waals surface area contributed by atoms with Crippen molar-refractivity contribution in [1.82, 2.24) is 4.90 Å². The SMILES string of the molecule is CCOc1ccccc1NC(=O)c1ccc(C(=O)N2CCCC2)cc1. The number of nitrogens with one attached hydrogen (secondary N) is 1. The van der Waals surface area contributed by atoms with E-state index in [0.29, 0.717) is 29.2 Å². The summed E-state index contributed by atoms with van der Waals surface area (Å²) in [6.45, 7) is 4.06. The highest BCUT2D eigenvalue weighted by atomic mass is 16.5. The van der Waals surface area contributed by atoms with Crippen LogP contribution < -0.4 is 10.1 Å². The number of likely N-dealkylation sites (tertiary alicyclic amines) is 1. The highest BCUT2D eigenvalue weighted by molar-refractivity contribution is 6.05. The zero-order valence-corrected chi connectivity index (χ0v) is 14.3. The standard InChI is InChI=1S/C20H22N2O3/c1-2-25-18-8-4-3-7-17(18)21-19(23)15-9-11-16(12-10-15)20(24)22-13-5-6-14-22/h3-4,7-12H,2,5-6,13-14H2,1H3,(H,21,23). The van der Waals surface area contributed by atoms with Gasteiger partial charge in [-0.3, -0.25) is 9.59 Å². The quantitative estimate of drug-likeness (QED) is 0.906. The fraction of sp³-hybridized carbons (Fsp3) is 0.300. The second-order valence-electron chi connectivity index (χ2n) is 5.96. The third kappa shape index (κ3) is 3.99. The Morgan fingerprint density at radius 3 is 2.32 bits per heavy atom. The minimum Gasteiger partial charge on any atom is -0.492 e. The normalized spacial score (nSPS) is 13.6. The average molecular weight is 338 g/mol. The highest BCUT2D eigenvalue weighted by Gasteiger charge is 2.19. The first-order valence-corrected chi connectivity index (χ1v) is 8.61. The van der Waals surface area contributed by atoms with Crippen LogP contribution in [-0.2, 0) is 0 Å². The topological polar surface area (TPSA) is 58.6 Å². The van der Waals surface area contributed by atoms with Crippen molar-refractivity contribution >= 4 is 17.5 Å². The predicted octanol–water partition coefficient (Wildman–Crippen LogP) is 3.57. The van der Waals surface area contributed by atoms with Gasteiger partial charge in [0.25, 0.3) is 11.8 Å². The van der Waals surface area contributed by atoms with E-state index in [1.807, 2.05) is 30.0 Å². The molecule has 2 amide bonds. The molecule has 0 aromatic heterocycles. The van der Waals surface area contributed by atoms with Gasteiger partial charge in [-0.2, -0.15) is 0 Å². The minimum atomic E-state index is -0.229. The van der Waals surface area contributed by atoms with Crippen LogP contribution in [0, 0.1) is 0 Å². The summed E-state index contributed by atoms with van der Waals surface area (Å²) in [5.74, 6) is 0.442. The molecule has 0 spiro atoms. The van der Waals surface area contributed by atoms with E-state index >= 15 is 0 Å². The van der Waals surface area contributed by atoms with Gasteiger partial charge in [0, 0.05) is 24.2 Å². The first-order valence-electron chi connectivity index (χ1n) is 8.61. The molecule has 0 saturated carbocycles. The number of anilines is 1. The van der Waals surface area contributed by atoms with Crippen molar-refractivity contribution in [2.45, 2.75) is 19.8 Å². The fourth-order valence-electron chi connectivity index (χ4n) is 2.91. The Bertz CT molecular complexity index is 750. The average Bonchev–Trinajstić information content (AvgIpc) is 3.18. The summed E-state index contributed by atoms with van der Waals surface area (Å²) < 4.78 is 5.52. The number of nitrogens with zero attached hydrogens (tertiary/aromatic N) is 1. The summed E-state index contributed by atoms with van der Waals surface area (Å²) in [4.78, 5) is 26.6. The van der Waals surface area contributed by atoms with E-state index in [1.165, 1.54) is 0 Å². The monoisotopic (exact) mass is 338 g/mol. The van der Waals surface area contributed by atoms with Crippen LogP contribution in [-0.4, -0.2) is 36.4 Å². The third-order valence-corrected chi connectivity index (χ3v) is 4.22. The molecule has 3 rings (SSSR count). The maximum Gasteiger partial charge on any atom is 0.255 e. The smallest absolute Gasteiger partial charge is 0.255 e. The van der Waals surface area contributed by atoms with Gasteiger partial charge in [-0.1, -0.05) is 12.1 Å². The van der Waals surface area contributed by atoms with Gasteiger partial charge in [-0.15, -0.1) is 0 Å². The van der Waals surface area contributed by atoms with Crippen LogP contribution >= 0.6 is 0 Å². The molecular formula is C20H22N2O3. The van der Waals surface area contributed by atoms with E-state index in [4.69, 9.17) is 4.74 Å². The fourth-order valence-corrected chi connectivity index (χ4v) is 2.91. The van der Waals surface area contributed by atoms with E-state index in [9.17, 15) is 9.59 Å². The van der Waals surface area contributed by atoms with Crippen molar-refractivity contribution in [3.63, 3.8) is 0 Å². The molecule has 0 unspecified atom stereocenters. The van der Waals surface area contributed by atoms with E-state index in [1.54, 1.807) is 30.3 Å². The lowest BCUT2D eigenvalue weighted by Crippen LogP contribution is -2.27. The molecule has 1 aliphatic rings. The molecular weight excluding hydrogens is 316 g/mol. The molecule has 1 aliphatic heterocycles. The van der Waals surface area contributed by atoms with Crippen molar-refractivity contribution < 1.29 is 14.3 Å². The number of hydrogen-bond acceptors (Lipinski definition) is 3. The maximum absolute atomic E-state index is 12.4. The van der Waals surface area contributed by atoms with Crippen molar-refractivity contribution in [2.75, 3.05) is 25.0 Å². The predicted molar refractivity (Wildman–Crippen MR) is 97.1 cm³/mol. The van der Waals surface area contributed by atoms with Gasteiger partial charge in [-0.25, -0.2) is 0 Å². The third-order valence-electron chi connectivity index (χ3n) is 4.22. The number of hydrogen-bond donors (Lipinski definition) is 1. The first kappa shape index (κ1) is 17.0. The second kappa shape index (κ2) is 7.83. The van der Waals surface area contributed by atoms with Crippen LogP contribution in [0.2, 0.25) is 0 Å². The van der Waals surface area contributed by atoms with E-state index in [-0.39, 0.29) is 11.8 Å². The second-order valence-corrected chi connectivity index (χ2v) is 5.96. The van der Waals surface area contributed by atoms with E-state index < -0.39 is 0 Å². The Morgan fingerprint density at radius 2 is 1.64 bits per heavy atom. The molecule has 0 atom stereocenters. The summed E-state index contributed by atoms with van der Waals surface area (Å²) in [6, 6.07) is 14.1. The molecule has 5 heteroatoms. The van der Waals surface area contributed by atoms with Gasteiger partial charge in [0.1, 0.15) is 5.75 Å². The Labute approximate surface area is 147 Å². The van der Waals surface area contributed by atoms with Crippen LogP contribution in [0.25, 0.3) is 0 Å². The lowest BCUT2D eigenvalue weighted by molar-refractivity contribution is 0.0792. The number of para-hydroxylation sites is 2. The van der Waals surface area contributed by atoms with E-state index in [2.05, 4.69) is 5.32 Å². The Hall–Kier alpha value is -2.82. The number of rotatable bonds is 5. The minimum absolute atomic E-state index is 0.0335. The van der Waals surface area contributed by atoms with Gasteiger partial charge in [0.05, 0.1) is 12.3 Å². The van der Waals surface area contributed by atoms with Gasteiger partial charge < -0.3 is 15.0 Å². The van der Waals surface area contributed by atoms with Crippen molar-refractivity contribution in [1.29, 1.82) is 0 Å². The zero-order valence-electron chi connectivity index (χ0n) is 14.3. The molecule has 1 saturated heterocycles. The number of amides is 2. The van der Waals surface area contributed by atoms with Crippen LogP contribution in [0.15, 0.2) is 48.5 Å². The lowest BCUT2D eigenvalue weighted by Gasteiger charge is -2.15. The van der Waals surface area contributed by atoms with Gasteiger partial charge in [0.15, 0.2) is 0 Å². The van der Waals surface area contributed by atoms with Crippen molar-refractivity contribution in [3.8, 4) is 5.75 Å². The summed E-state index contributed by atoms with van der Waals surface area (Å²) in [5.41, 5.74) is 1.75. The number of carbonyl (C=O) groups excluding carboxylic acids is 2. The van der Waals surface area contributed by atoms with Crippen LogP contribution in [0.1, 0.15) is 40.5 Å². The molecule has 130 valence electrons. The highest BCUT2D eigenvalue weighted by Crippen LogP contribution is 2.24. The van der Waals surface area contributed by atoms with Crippen LogP contribution in [0.5, 0.6) is 5.75 Å². The van der Waals surface area contributed by atoms with Gasteiger partial charge in [0.2, 0.25) is 0 Å². The van der Waals surface area contributed by atoms with Crippen molar-refractivity contribution in [2.24, 2.45) is 0 Å². The van der Waals surface area contributed by atoms with Gasteiger partial charge in [-0.05, 0) is 56.2 Å². The maximum atomic E-state index is 12.4. The number of carbonyl (C=O) groups is 2. The number of ether oxygens (including phenoxy) is 1. The molecule has 1 heterocycles. The molecule has 2 aromatic rings. The summed E-state index contributed by atoms with van der Waals surface area (Å²) in [7, 11) is 0. The molecule has 1 fully saturated rings. The summed E-state index contributed by atoms with van der Waals surface area (Å²) in [6.07, 6.45) is 2.12. The molecule has 5 nitrogen and oxygen atoms in total. The molecule has 1 N–H and O–H groups in total. The van der Waals surface area contributed by atoms with Crippen molar-refractivity contribution in [3.05, 3.63) is 59.7 Å². The molecule has 25 heavy (non-hydrogen) atoms. The zero-order chi connectivity index (χ0) is 17.6. The van der Waals surface area contributed by atoms with Crippen LogP contribution in [0.3, 0.4) is 0 Å². The largest absolute Gasteiger partial charge is 0.492 e.